The Hall–Kier alpha value is -10.5. The molecule has 4 aromatic rings. The van der Waals surface area contributed by atoms with E-state index in [9.17, 15) is 78.3 Å². The van der Waals surface area contributed by atoms with E-state index >= 15 is 0 Å². The van der Waals surface area contributed by atoms with Gasteiger partial charge in [0.2, 0.25) is 23.1 Å². The molecule has 30 heteroatoms. The van der Waals surface area contributed by atoms with E-state index in [0.29, 0.717) is 48.0 Å². The molecule has 1 unspecified atom stereocenters. The number of allylic oxidation sites excluding steroid dienone is 3. The highest BCUT2D eigenvalue weighted by molar-refractivity contribution is 7.91. The molecule has 115 heavy (non-hydrogen) atoms. The van der Waals surface area contributed by atoms with Crippen LogP contribution in [-0.2, 0) is 107 Å². The number of aliphatic carboxylic acids is 2. The smallest absolute Gasteiger partial charge is 0.326 e. The van der Waals surface area contributed by atoms with Gasteiger partial charge in [-0.15, -0.1) is 0 Å². The highest BCUT2D eigenvalue weighted by Crippen LogP contribution is 2.51. The van der Waals surface area contributed by atoms with Crippen LogP contribution in [0.4, 0.5) is 10.5 Å². The van der Waals surface area contributed by atoms with E-state index in [0.717, 1.165) is 45.7 Å². The maximum atomic E-state index is 14.9. The largest absolute Gasteiger partial charge is 0.481 e. The minimum atomic E-state index is -3.76. The molecule has 7 N–H and O–H groups in total. The fraction of sp³-hybridized carbons (Fsp3) is 0.447. The lowest BCUT2D eigenvalue weighted by Gasteiger charge is -2.30. The zero-order valence-corrected chi connectivity index (χ0v) is 69.0. The van der Waals surface area contributed by atoms with Gasteiger partial charge >= 0.3 is 18.0 Å². The van der Waals surface area contributed by atoms with Crippen LogP contribution in [0, 0.1) is 11.8 Å². The number of carboxylic acid groups (broad SMARTS) is 2. The van der Waals surface area contributed by atoms with Crippen LogP contribution in [0.25, 0.3) is 17.4 Å². The predicted octanol–water partition coefficient (Wildman–Crippen LogP) is 8.43. The summed E-state index contributed by atoms with van der Waals surface area (Å²) in [5.41, 5.74) is 4.70. The summed E-state index contributed by atoms with van der Waals surface area (Å²) in [5, 5.41) is 32.5. The number of Topliss-reactive ketones (excluding diaryl/α,β-unsaturated/α-hetero) is 3. The number of nitrogens with one attached hydrogen (secondary N) is 5. The van der Waals surface area contributed by atoms with Crippen molar-refractivity contribution >= 4 is 101 Å². The average molecular weight is 1640 g/mol. The van der Waals surface area contributed by atoms with E-state index in [4.69, 9.17) is 9.52 Å². The second-order valence-electron chi connectivity index (χ2n) is 30.6. The van der Waals surface area contributed by atoms with Gasteiger partial charge in [0.05, 0.1) is 41.5 Å². The van der Waals surface area contributed by atoms with Gasteiger partial charge in [-0.1, -0.05) is 118 Å². The SMILES string of the molecule is CC[N+](CCCS(C)(=O)=O)=c1ccc2c(C(C)(C)C)cc(/C=C/C=C3\N(CCCS(C)(=O)=O)c4ccc(S(C)(=O)=O)cc4C3(C)CCCC(=O)N[C@@H](Cc3ccccc3)C(=O)C[C@@H](Cc3ccccc3)C(=O)NCC(=O)CCCNC(=O)[C@@H](CC(=O)CC[C@H](NC(=O)N[C@@H](CCC(=O)O)OC=O)C(=O)O)Cc3ccccc3)oc-2c1. The van der Waals surface area contributed by atoms with Gasteiger partial charge in [0, 0.05) is 117 Å². The van der Waals surface area contributed by atoms with Crippen LogP contribution in [0.15, 0.2) is 161 Å². The van der Waals surface area contributed by atoms with E-state index in [1.165, 1.54) is 12.3 Å². The van der Waals surface area contributed by atoms with Gasteiger partial charge in [-0.3, -0.25) is 38.4 Å². The van der Waals surface area contributed by atoms with Crippen molar-refractivity contribution in [2.45, 2.75) is 171 Å². The number of ketones is 3. The summed E-state index contributed by atoms with van der Waals surface area (Å²) in [4.78, 5) is 133. The number of urea groups is 1. The summed E-state index contributed by atoms with van der Waals surface area (Å²) < 4.78 is 89.5. The minimum absolute atomic E-state index is 0.00641. The zero-order valence-electron chi connectivity index (χ0n) is 66.5. The topological polar surface area (TPSA) is 402 Å². The van der Waals surface area contributed by atoms with Crippen LogP contribution in [0.3, 0.4) is 0 Å². The highest BCUT2D eigenvalue weighted by Gasteiger charge is 2.44. The molecule has 620 valence electrons. The summed E-state index contributed by atoms with van der Waals surface area (Å²) in [6, 6.07) is 35.8. The summed E-state index contributed by atoms with van der Waals surface area (Å²) in [7, 11) is -10.3. The van der Waals surface area contributed by atoms with Crippen LogP contribution in [0.1, 0.15) is 152 Å². The summed E-state index contributed by atoms with van der Waals surface area (Å²) >= 11 is 0. The first kappa shape index (κ1) is 91.7. The van der Waals surface area contributed by atoms with E-state index < -0.39 is 131 Å². The third kappa shape index (κ3) is 29.7. The number of fused-ring (bicyclic) bond motifs is 2. The molecule has 4 aromatic carbocycles. The van der Waals surface area contributed by atoms with Gasteiger partial charge in [0.1, 0.15) is 56.1 Å². The number of ether oxygens (including phenoxy) is 1. The summed E-state index contributed by atoms with van der Waals surface area (Å²) in [6.45, 7) is 11.2. The van der Waals surface area contributed by atoms with Crippen molar-refractivity contribution in [3.8, 4) is 11.3 Å². The van der Waals surface area contributed by atoms with Crippen molar-refractivity contribution in [3.05, 3.63) is 190 Å². The standard InChI is InChI=1S/C85H107N7O20S3/c1-9-91(44-22-46-113(6,105)106)63-34-37-68-69(84(2,3)4)54-66(112-75(68)53-63)31-19-32-76-85(5,70-55-67(115(8,109)110)36-39-73(70)92(76)45-23-47-114(7,107)108)42-20-33-77(97)88-72(50-60-28-17-12-18-29-60)74(96)52-62(49-59-26-15-11-16-27-59)81(101)87-56-65(95)30-21-43-86-80(100)61(48-58-24-13-10-14-25-58)51-64(94)35-38-71(82(102)103)89-83(104)90-78(111-57-93)40-41-79(98)99/h10-19,24-29,31-32,34,36-37,39,53-55,57,61-62,71-72,78H,9,20-23,30,33,35,38,40-52,56H2,1-8H3,(H6-,86,87,88,89,90,97,98,99,100,101,102,103,104)/p+1/t61-,62-,71+,72+,78-,85?/m1/s1. The number of sulfone groups is 3. The number of hydrogen-bond donors (Lipinski definition) is 7. The number of carbonyl (C=O) groups excluding carboxylic acids is 8. The van der Waals surface area contributed by atoms with Crippen LogP contribution in [-0.4, -0.2) is 176 Å². The van der Waals surface area contributed by atoms with E-state index in [1.807, 2.05) is 79.4 Å². The Morgan fingerprint density at radius 2 is 1.25 bits per heavy atom. The summed E-state index contributed by atoms with van der Waals surface area (Å²) in [5.74, 6) is -6.60. The molecule has 0 bridgehead atoms. The quantitative estimate of drug-likeness (QED) is 0.00815. The fourth-order valence-electron chi connectivity index (χ4n) is 14.1. The second kappa shape index (κ2) is 42.8. The van der Waals surface area contributed by atoms with Crippen molar-refractivity contribution in [1.29, 1.82) is 0 Å². The molecule has 0 saturated carbocycles. The highest BCUT2D eigenvalue weighted by atomic mass is 32.2. The van der Waals surface area contributed by atoms with Crippen LogP contribution in [0.2, 0.25) is 0 Å². The molecule has 2 aliphatic heterocycles. The number of nitrogens with zero attached hydrogens (tertiary/aromatic N) is 2. The van der Waals surface area contributed by atoms with Crippen LogP contribution >= 0.6 is 0 Å². The van der Waals surface area contributed by atoms with Crippen molar-refractivity contribution < 1.29 is 92.6 Å². The Kier molecular flexibility index (Phi) is 34.1. The van der Waals surface area contributed by atoms with Gasteiger partial charge < -0.3 is 50.9 Å². The first-order valence-corrected chi connectivity index (χ1v) is 44.5. The molecular weight excluding hydrogens is 1540 g/mol. The first-order chi connectivity index (χ1) is 54.3. The molecular formula is C85H108N7O20S3+. The number of anilines is 1. The molecule has 1 aliphatic carbocycles. The fourth-order valence-corrected chi connectivity index (χ4v) is 16.0. The van der Waals surface area contributed by atoms with Gasteiger partial charge in [-0.25, -0.2) is 39.4 Å². The van der Waals surface area contributed by atoms with Crippen molar-refractivity contribution in [2.75, 3.05) is 67.9 Å². The Morgan fingerprint density at radius 3 is 1.83 bits per heavy atom. The monoisotopic (exact) mass is 1640 g/mol. The molecule has 0 radical (unpaired) electrons. The average Bonchev–Trinajstić information content (AvgIpc) is 1.58. The molecule has 0 aromatic heterocycles. The number of carboxylic acids is 2. The third-order valence-electron chi connectivity index (χ3n) is 20.1. The van der Waals surface area contributed by atoms with Crippen molar-refractivity contribution in [3.63, 3.8) is 0 Å². The molecule has 3 aliphatic rings. The second-order valence-corrected chi connectivity index (χ2v) is 37.1. The van der Waals surface area contributed by atoms with Crippen molar-refractivity contribution in [1.82, 2.24) is 31.2 Å². The molecule has 0 fully saturated rings. The zero-order chi connectivity index (χ0) is 84.3. The Morgan fingerprint density at radius 1 is 0.643 bits per heavy atom. The van der Waals surface area contributed by atoms with Gasteiger partial charge in [-0.2, -0.15) is 0 Å². The molecule has 2 heterocycles. The Labute approximate surface area is 673 Å². The van der Waals surface area contributed by atoms with Crippen molar-refractivity contribution in [2.24, 2.45) is 11.8 Å². The molecule has 5 amide bonds. The molecule has 0 spiro atoms. The van der Waals surface area contributed by atoms with Gasteiger partial charge in [0.15, 0.2) is 27.6 Å². The lowest BCUT2D eigenvalue weighted by Crippen LogP contribution is -2.49. The van der Waals surface area contributed by atoms with Crippen LogP contribution in [0.5, 0.6) is 0 Å². The third-order valence-corrected chi connectivity index (χ3v) is 23.2. The number of carbonyl (C=O) groups is 10. The predicted molar refractivity (Wildman–Crippen MR) is 438 cm³/mol. The Bertz CT molecular complexity index is 4890. The number of hydrogen-bond acceptors (Lipinski definition) is 19. The number of rotatable bonds is 47. The van der Waals surface area contributed by atoms with E-state index in [-0.39, 0.29) is 131 Å². The van der Waals surface area contributed by atoms with Gasteiger partial charge in [-0.05, 0) is 141 Å². The number of benzene rings is 5. The molecule has 0 saturated heterocycles. The van der Waals surface area contributed by atoms with Gasteiger partial charge in [0.25, 0.3) is 6.47 Å². The number of amides is 5. The van der Waals surface area contributed by atoms with Crippen LogP contribution < -0.4 is 41.4 Å². The maximum absolute atomic E-state index is 14.9. The lowest BCUT2D eigenvalue weighted by atomic mass is 9.77. The van der Waals surface area contributed by atoms with E-state index in [1.54, 1.807) is 84.9 Å². The molecule has 7 rings (SSSR count). The lowest BCUT2D eigenvalue weighted by molar-refractivity contribution is -0.141. The molecule has 6 atom stereocenters. The van der Waals surface area contributed by atoms with E-state index in [2.05, 4.69) is 56.7 Å². The molecule has 27 nitrogen and oxygen atoms in total. The minimum Gasteiger partial charge on any atom is -0.481 e. The Balaban J connectivity index is 1.05. The first-order valence-electron chi connectivity index (χ1n) is 38.5. The maximum Gasteiger partial charge on any atom is 0.326 e. The normalized spacial score (nSPS) is 15.7. The summed E-state index contributed by atoms with van der Waals surface area (Å²) in [6.07, 6.45) is 6.78.